The van der Waals surface area contributed by atoms with Crippen LogP contribution in [0.2, 0.25) is 0 Å². The van der Waals surface area contributed by atoms with Crippen molar-refractivity contribution in [1.29, 1.82) is 0 Å². The summed E-state index contributed by atoms with van der Waals surface area (Å²) in [7, 11) is 0. The molecule has 0 amide bonds. The predicted molar refractivity (Wildman–Crippen MR) is 57.9 cm³/mol. The highest BCUT2D eigenvalue weighted by molar-refractivity contribution is 6.19. The van der Waals surface area contributed by atoms with Crippen molar-refractivity contribution in [2.24, 2.45) is 15.0 Å². The second-order valence-electron chi connectivity index (χ2n) is 3.38. The minimum Gasteiger partial charge on any atom is -0.255 e. The Morgan fingerprint density at radius 3 is 3.14 bits per heavy atom. The van der Waals surface area contributed by atoms with Crippen molar-refractivity contribution in [2.45, 2.75) is 12.8 Å². The summed E-state index contributed by atoms with van der Waals surface area (Å²) in [4.78, 5) is 12.8. The van der Waals surface area contributed by atoms with Crippen LogP contribution in [-0.4, -0.2) is 18.3 Å². The molecule has 0 aromatic carbocycles. The molecule has 0 bridgehead atoms. The molecule has 2 aliphatic heterocycles. The van der Waals surface area contributed by atoms with Crippen molar-refractivity contribution >= 4 is 18.3 Å². The van der Waals surface area contributed by atoms with Crippen molar-refractivity contribution in [1.82, 2.24) is 0 Å². The highest BCUT2D eigenvalue weighted by Crippen LogP contribution is 2.29. The van der Waals surface area contributed by atoms with Crippen LogP contribution in [0, 0.1) is 0 Å². The van der Waals surface area contributed by atoms with Gasteiger partial charge in [0.05, 0.1) is 11.4 Å². The Hall–Kier alpha value is -1.77. The molecule has 0 spiro atoms. The molecule has 68 valence electrons. The fourth-order valence-corrected chi connectivity index (χ4v) is 1.81. The van der Waals surface area contributed by atoms with Crippen LogP contribution < -0.4 is 0 Å². The van der Waals surface area contributed by atoms with E-state index in [0.29, 0.717) is 0 Å². The third-order valence-corrected chi connectivity index (χ3v) is 2.52. The first-order valence-electron chi connectivity index (χ1n) is 4.67. The fraction of sp³-hybridized carbons (Fsp3) is 0.182. The van der Waals surface area contributed by atoms with Crippen LogP contribution in [-0.2, 0) is 0 Å². The van der Waals surface area contributed by atoms with E-state index in [2.05, 4.69) is 27.1 Å². The fourth-order valence-electron chi connectivity index (χ4n) is 1.81. The molecule has 14 heavy (non-hydrogen) atoms. The first-order chi connectivity index (χ1) is 6.95. The number of fused-ring (bicyclic) bond motifs is 2. The largest absolute Gasteiger partial charge is 0.255 e. The first kappa shape index (κ1) is 7.62. The lowest BCUT2D eigenvalue weighted by molar-refractivity contribution is 1.05. The second kappa shape index (κ2) is 2.87. The molecule has 0 N–H and O–H groups in total. The van der Waals surface area contributed by atoms with Gasteiger partial charge in [0.2, 0.25) is 0 Å². The van der Waals surface area contributed by atoms with Crippen molar-refractivity contribution in [3.63, 3.8) is 0 Å². The van der Waals surface area contributed by atoms with Crippen molar-refractivity contribution < 1.29 is 0 Å². The maximum atomic E-state index is 4.40. The summed E-state index contributed by atoms with van der Waals surface area (Å²) < 4.78 is 0. The lowest BCUT2D eigenvalue weighted by Crippen LogP contribution is -2.08. The molecule has 0 atom stereocenters. The van der Waals surface area contributed by atoms with Crippen molar-refractivity contribution in [3.05, 3.63) is 35.2 Å². The van der Waals surface area contributed by atoms with E-state index < -0.39 is 0 Å². The molecule has 0 saturated carbocycles. The third kappa shape index (κ3) is 1.02. The number of nitrogens with zero attached hydrogens (tertiary/aromatic N) is 3. The molecule has 0 unspecified atom stereocenters. The van der Waals surface area contributed by atoms with Gasteiger partial charge in [-0.15, -0.1) is 0 Å². The van der Waals surface area contributed by atoms with Crippen LogP contribution in [0.15, 0.2) is 50.2 Å². The summed E-state index contributed by atoms with van der Waals surface area (Å²) in [6, 6.07) is 0. The lowest BCUT2D eigenvalue weighted by atomic mass is 9.96. The summed E-state index contributed by atoms with van der Waals surface area (Å²) in [5.41, 5.74) is 4.27. The molecule has 0 saturated heterocycles. The van der Waals surface area contributed by atoms with Crippen molar-refractivity contribution in [2.75, 3.05) is 0 Å². The lowest BCUT2D eigenvalue weighted by Gasteiger charge is -2.13. The van der Waals surface area contributed by atoms with Crippen LogP contribution >= 0.6 is 0 Å². The molecule has 2 heterocycles. The molecule has 0 aromatic rings. The predicted octanol–water partition coefficient (Wildman–Crippen LogP) is 2.04. The van der Waals surface area contributed by atoms with E-state index in [4.69, 9.17) is 0 Å². The maximum Gasteiger partial charge on any atom is 0.116 e. The molecule has 3 rings (SSSR count). The van der Waals surface area contributed by atoms with Crippen LogP contribution in [0.1, 0.15) is 12.8 Å². The summed E-state index contributed by atoms with van der Waals surface area (Å²) >= 11 is 0. The average molecular weight is 183 g/mol. The van der Waals surface area contributed by atoms with E-state index in [0.717, 1.165) is 29.9 Å². The van der Waals surface area contributed by atoms with Gasteiger partial charge in [-0.3, -0.25) is 4.99 Å². The summed E-state index contributed by atoms with van der Waals surface area (Å²) in [6.45, 7) is 0. The van der Waals surface area contributed by atoms with E-state index in [1.807, 2.05) is 12.3 Å². The Morgan fingerprint density at radius 1 is 1.14 bits per heavy atom. The molecule has 1 aliphatic carbocycles. The summed E-state index contributed by atoms with van der Waals surface area (Å²) in [5, 5.41) is 0. The SMILES string of the molecule is C1=CCC2=C(N=C1)C1=NC=NC1=CC2. The van der Waals surface area contributed by atoms with Crippen LogP contribution in [0.3, 0.4) is 0 Å². The highest BCUT2D eigenvalue weighted by Gasteiger charge is 2.22. The molecule has 3 aliphatic rings. The maximum absolute atomic E-state index is 4.40. The van der Waals surface area contributed by atoms with E-state index in [9.17, 15) is 0 Å². The van der Waals surface area contributed by atoms with Crippen LogP contribution in [0.25, 0.3) is 0 Å². The number of hydrogen-bond donors (Lipinski definition) is 0. The summed E-state index contributed by atoms with van der Waals surface area (Å²) in [5.74, 6) is 0. The van der Waals surface area contributed by atoms with Crippen LogP contribution in [0.5, 0.6) is 0 Å². The van der Waals surface area contributed by atoms with Crippen LogP contribution in [0.4, 0.5) is 0 Å². The van der Waals surface area contributed by atoms with Gasteiger partial charge >= 0.3 is 0 Å². The smallest absolute Gasteiger partial charge is 0.116 e. The van der Waals surface area contributed by atoms with Gasteiger partial charge in [-0.2, -0.15) is 0 Å². The number of aliphatic imine (C=N–C) groups is 3. The topological polar surface area (TPSA) is 37.1 Å². The van der Waals surface area contributed by atoms with Gasteiger partial charge < -0.3 is 0 Å². The summed E-state index contributed by atoms with van der Waals surface area (Å²) in [6.07, 6.45) is 11.6. The Kier molecular flexibility index (Phi) is 1.56. The Balaban J connectivity index is 2.10. The minimum atomic E-state index is 0.936. The Morgan fingerprint density at radius 2 is 2.14 bits per heavy atom. The molecule has 0 radical (unpaired) electrons. The highest BCUT2D eigenvalue weighted by atomic mass is 15.0. The molecule has 3 heteroatoms. The molecular weight excluding hydrogens is 174 g/mol. The molecule has 0 fully saturated rings. The van der Waals surface area contributed by atoms with Gasteiger partial charge in [-0.05, 0) is 24.5 Å². The zero-order valence-electron chi connectivity index (χ0n) is 7.64. The van der Waals surface area contributed by atoms with Gasteiger partial charge in [-0.25, -0.2) is 9.98 Å². The minimum absolute atomic E-state index is 0.936. The van der Waals surface area contributed by atoms with Crippen molar-refractivity contribution in [3.8, 4) is 0 Å². The van der Waals surface area contributed by atoms with Gasteiger partial charge in [0, 0.05) is 6.21 Å². The van der Waals surface area contributed by atoms with Gasteiger partial charge in [0.25, 0.3) is 0 Å². The number of allylic oxidation sites excluding steroid dienone is 4. The third-order valence-electron chi connectivity index (χ3n) is 2.52. The Bertz CT molecular complexity index is 459. The Labute approximate surface area is 82.0 Å². The number of hydrogen-bond acceptors (Lipinski definition) is 3. The van der Waals surface area contributed by atoms with Gasteiger partial charge in [0.1, 0.15) is 12.1 Å². The zero-order valence-corrected chi connectivity index (χ0v) is 7.64. The molecular formula is C11H9N3. The van der Waals surface area contributed by atoms with E-state index in [-0.39, 0.29) is 0 Å². The second-order valence-corrected chi connectivity index (χ2v) is 3.38. The average Bonchev–Trinajstić information content (AvgIpc) is 2.55. The first-order valence-corrected chi connectivity index (χ1v) is 4.67. The monoisotopic (exact) mass is 183 g/mol. The zero-order chi connectivity index (χ0) is 9.38. The molecule has 3 nitrogen and oxygen atoms in total. The van der Waals surface area contributed by atoms with Gasteiger partial charge in [0.15, 0.2) is 0 Å². The van der Waals surface area contributed by atoms with Gasteiger partial charge in [-0.1, -0.05) is 12.2 Å². The molecule has 0 aromatic heterocycles. The normalized spacial score (nSPS) is 22.9. The van der Waals surface area contributed by atoms with E-state index >= 15 is 0 Å². The number of rotatable bonds is 0. The standard InChI is InChI=1S/C11H9N3/c1-2-6-12-10-8(3-1)4-5-9-11(10)14-7-13-9/h1-2,5-7H,3-4H2. The quantitative estimate of drug-likeness (QED) is 0.551. The van der Waals surface area contributed by atoms with E-state index in [1.54, 1.807) is 6.34 Å². The van der Waals surface area contributed by atoms with E-state index in [1.165, 1.54) is 5.57 Å².